The van der Waals surface area contributed by atoms with Crippen LogP contribution in [0.15, 0.2) is 22.7 Å². The van der Waals surface area contributed by atoms with Gasteiger partial charge in [-0.15, -0.1) is 11.3 Å². The van der Waals surface area contributed by atoms with E-state index in [1.54, 1.807) is 0 Å². The van der Waals surface area contributed by atoms with E-state index in [4.69, 9.17) is 15.3 Å². The Morgan fingerprint density at radius 2 is 2.19 bits per heavy atom. The zero-order valence-corrected chi connectivity index (χ0v) is 10.7. The van der Waals surface area contributed by atoms with Crippen LogP contribution in [0.3, 0.4) is 0 Å². The predicted octanol–water partition coefficient (Wildman–Crippen LogP) is 2.20. The fourth-order valence-electron chi connectivity index (χ4n) is 0.970. The van der Waals surface area contributed by atoms with E-state index in [0.29, 0.717) is 19.0 Å². The molecule has 90 valence electrons. The van der Waals surface area contributed by atoms with Crippen molar-refractivity contribution < 1.29 is 9.57 Å². The summed E-state index contributed by atoms with van der Waals surface area (Å²) in [6.45, 7) is 6.90. The Kier molecular flexibility index (Phi) is 4.76. The minimum atomic E-state index is -0.146. The Labute approximate surface area is 100 Å². The van der Waals surface area contributed by atoms with Crippen molar-refractivity contribution in [1.29, 1.82) is 0 Å². The number of ether oxygens (including phenoxy) is 1. The fourth-order valence-corrected chi connectivity index (χ4v) is 1.59. The number of oxime groups is 1. The van der Waals surface area contributed by atoms with Gasteiger partial charge in [0.25, 0.3) is 0 Å². The van der Waals surface area contributed by atoms with E-state index in [0.717, 1.165) is 4.88 Å². The molecule has 0 saturated carbocycles. The number of amidine groups is 1. The number of hydrogen-bond acceptors (Lipinski definition) is 4. The van der Waals surface area contributed by atoms with Crippen LogP contribution in [0.1, 0.15) is 25.6 Å². The van der Waals surface area contributed by atoms with Crippen LogP contribution in [0.2, 0.25) is 0 Å². The van der Waals surface area contributed by atoms with E-state index in [2.05, 4.69) is 5.16 Å². The van der Waals surface area contributed by atoms with Gasteiger partial charge >= 0.3 is 0 Å². The van der Waals surface area contributed by atoms with Crippen molar-refractivity contribution in [3.8, 4) is 0 Å². The van der Waals surface area contributed by atoms with Crippen LogP contribution in [0.4, 0.5) is 0 Å². The van der Waals surface area contributed by atoms with Crippen molar-refractivity contribution in [2.75, 3.05) is 13.2 Å². The lowest BCUT2D eigenvalue weighted by Crippen LogP contribution is -2.21. The molecule has 0 spiro atoms. The van der Waals surface area contributed by atoms with Crippen LogP contribution < -0.4 is 5.73 Å². The minimum absolute atomic E-state index is 0.146. The van der Waals surface area contributed by atoms with Crippen molar-refractivity contribution >= 4 is 17.2 Å². The first-order chi connectivity index (χ1) is 7.49. The molecular weight excluding hydrogens is 224 g/mol. The lowest BCUT2D eigenvalue weighted by Gasteiger charge is -2.18. The van der Waals surface area contributed by atoms with E-state index >= 15 is 0 Å². The maximum Gasteiger partial charge on any atom is 0.180 e. The van der Waals surface area contributed by atoms with E-state index in [-0.39, 0.29) is 5.60 Å². The third-order valence-corrected chi connectivity index (χ3v) is 2.54. The van der Waals surface area contributed by atoms with E-state index in [9.17, 15) is 0 Å². The van der Waals surface area contributed by atoms with Gasteiger partial charge in [-0.3, -0.25) is 0 Å². The summed E-state index contributed by atoms with van der Waals surface area (Å²) in [6, 6.07) is 3.82. The second-order valence-electron chi connectivity index (χ2n) is 4.25. The van der Waals surface area contributed by atoms with Gasteiger partial charge in [0.15, 0.2) is 5.84 Å². The largest absolute Gasteiger partial charge is 0.392 e. The first-order valence-electron chi connectivity index (χ1n) is 5.12. The zero-order valence-electron chi connectivity index (χ0n) is 9.90. The smallest absolute Gasteiger partial charge is 0.180 e. The van der Waals surface area contributed by atoms with Crippen LogP contribution in [0.25, 0.3) is 0 Å². The normalized spacial score (nSPS) is 12.8. The molecule has 0 aliphatic rings. The van der Waals surface area contributed by atoms with Crippen molar-refractivity contribution in [2.24, 2.45) is 10.9 Å². The quantitative estimate of drug-likeness (QED) is 0.373. The van der Waals surface area contributed by atoms with E-state index in [1.807, 2.05) is 38.3 Å². The minimum Gasteiger partial charge on any atom is -0.392 e. The molecule has 0 atom stereocenters. The van der Waals surface area contributed by atoms with Crippen molar-refractivity contribution in [2.45, 2.75) is 26.4 Å². The molecule has 0 fully saturated rings. The van der Waals surface area contributed by atoms with Crippen molar-refractivity contribution in [1.82, 2.24) is 0 Å². The molecule has 2 N–H and O–H groups in total. The zero-order chi connectivity index (χ0) is 12.0. The maximum absolute atomic E-state index is 5.70. The summed E-state index contributed by atoms with van der Waals surface area (Å²) in [4.78, 5) is 5.97. The topological polar surface area (TPSA) is 56.8 Å². The fraction of sp³-hybridized carbons (Fsp3) is 0.545. The molecule has 4 nitrogen and oxygen atoms in total. The van der Waals surface area contributed by atoms with Gasteiger partial charge in [-0.25, -0.2) is 0 Å². The molecule has 0 unspecified atom stereocenters. The summed E-state index contributed by atoms with van der Waals surface area (Å²) in [6.07, 6.45) is 0. The van der Waals surface area contributed by atoms with E-state index in [1.165, 1.54) is 11.3 Å². The summed E-state index contributed by atoms with van der Waals surface area (Å²) in [5, 5.41) is 5.76. The van der Waals surface area contributed by atoms with E-state index < -0.39 is 0 Å². The Balaban J connectivity index is 2.22. The molecule has 0 bridgehead atoms. The molecule has 1 heterocycles. The van der Waals surface area contributed by atoms with Gasteiger partial charge in [0.2, 0.25) is 0 Å². The highest BCUT2D eigenvalue weighted by molar-refractivity contribution is 7.12. The number of nitrogens with two attached hydrogens (primary N) is 1. The van der Waals surface area contributed by atoms with Crippen LogP contribution in [0, 0.1) is 0 Å². The first kappa shape index (κ1) is 13.0. The van der Waals surface area contributed by atoms with Gasteiger partial charge in [-0.2, -0.15) is 0 Å². The molecule has 16 heavy (non-hydrogen) atoms. The molecule has 0 aromatic carbocycles. The highest BCUT2D eigenvalue weighted by Gasteiger charge is 2.09. The molecule has 0 aliphatic carbocycles. The van der Waals surface area contributed by atoms with Gasteiger partial charge in [0, 0.05) is 0 Å². The van der Waals surface area contributed by atoms with Crippen molar-refractivity contribution in [3.63, 3.8) is 0 Å². The monoisotopic (exact) mass is 242 g/mol. The average Bonchev–Trinajstić information content (AvgIpc) is 2.67. The third-order valence-electron chi connectivity index (χ3n) is 1.65. The highest BCUT2D eigenvalue weighted by Crippen LogP contribution is 2.08. The van der Waals surface area contributed by atoms with Gasteiger partial charge in [-0.05, 0) is 32.2 Å². The molecule has 1 aromatic rings. The Morgan fingerprint density at radius 3 is 2.75 bits per heavy atom. The van der Waals surface area contributed by atoms with Gasteiger partial charge < -0.3 is 15.3 Å². The SMILES string of the molecule is CC(C)(C)OCCO/N=C(/N)c1cccs1. The standard InChI is InChI=1S/C11H18N2O2S/c1-11(2,3)14-6-7-15-13-10(12)9-5-4-8-16-9/h4-5,8H,6-7H2,1-3H3,(H2,12,13). The average molecular weight is 242 g/mol. The van der Waals surface area contributed by atoms with Gasteiger partial charge in [0.05, 0.1) is 17.1 Å². The summed E-state index contributed by atoms with van der Waals surface area (Å²) < 4.78 is 5.47. The highest BCUT2D eigenvalue weighted by atomic mass is 32.1. The van der Waals surface area contributed by atoms with Gasteiger partial charge in [0.1, 0.15) is 6.61 Å². The Bertz CT molecular complexity index is 328. The van der Waals surface area contributed by atoms with Crippen LogP contribution in [0.5, 0.6) is 0 Å². The number of thiophene rings is 1. The molecule has 1 aromatic heterocycles. The number of nitrogens with zero attached hydrogens (tertiary/aromatic N) is 1. The third kappa shape index (κ3) is 5.14. The second kappa shape index (κ2) is 5.86. The molecule has 1 rings (SSSR count). The summed E-state index contributed by atoms with van der Waals surface area (Å²) in [5.41, 5.74) is 5.56. The molecule has 5 heteroatoms. The van der Waals surface area contributed by atoms with Crippen LogP contribution >= 0.6 is 11.3 Å². The van der Waals surface area contributed by atoms with Crippen LogP contribution in [-0.4, -0.2) is 24.7 Å². The first-order valence-corrected chi connectivity index (χ1v) is 6.00. The molecule has 0 aliphatic heterocycles. The molecule has 0 saturated heterocycles. The number of rotatable bonds is 5. The Hall–Kier alpha value is -1.07. The van der Waals surface area contributed by atoms with Crippen molar-refractivity contribution in [3.05, 3.63) is 22.4 Å². The summed E-state index contributed by atoms with van der Waals surface area (Å²) in [7, 11) is 0. The molecule has 0 radical (unpaired) electrons. The maximum atomic E-state index is 5.70. The second-order valence-corrected chi connectivity index (χ2v) is 5.20. The lowest BCUT2D eigenvalue weighted by atomic mass is 10.2. The number of hydrogen-bond donors (Lipinski definition) is 1. The summed E-state index contributed by atoms with van der Waals surface area (Å²) >= 11 is 1.53. The van der Waals surface area contributed by atoms with Crippen LogP contribution in [-0.2, 0) is 9.57 Å². The lowest BCUT2D eigenvalue weighted by molar-refractivity contribution is -0.0341. The van der Waals surface area contributed by atoms with Gasteiger partial charge in [-0.1, -0.05) is 11.2 Å². The Morgan fingerprint density at radius 1 is 1.44 bits per heavy atom. The molecular formula is C11H18N2O2S. The summed E-state index contributed by atoms with van der Waals surface area (Å²) in [5.74, 6) is 0.408. The molecule has 0 amide bonds. The predicted molar refractivity (Wildman–Crippen MR) is 66.7 cm³/mol.